The number of nitrogens with zero attached hydrogens (tertiary/aromatic N) is 4. The molecule has 5 aliphatic heterocycles. The van der Waals surface area contributed by atoms with Gasteiger partial charge in [-0.15, -0.1) is 0 Å². The van der Waals surface area contributed by atoms with E-state index in [1.54, 1.807) is 6.92 Å². The van der Waals surface area contributed by atoms with Gasteiger partial charge in [-0.05, 0) is 119 Å². The van der Waals surface area contributed by atoms with Crippen molar-refractivity contribution in [2.75, 3.05) is 46.2 Å². The molecular weight excluding hydrogens is 726 g/mol. The van der Waals surface area contributed by atoms with Gasteiger partial charge < -0.3 is 25.5 Å². The number of ether oxygens (including phenoxy) is 4. The fraction of sp³-hybridized carbons (Fsp3) is 0.825. The Hall–Kier alpha value is -1.89. The van der Waals surface area contributed by atoms with Gasteiger partial charge in [0.05, 0.1) is 45.0 Å². The van der Waals surface area contributed by atoms with Crippen LogP contribution in [0.1, 0.15) is 149 Å². The molecule has 7 aliphatic rings. The van der Waals surface area contributed by atoms with Crippen LogP contribution >= 0.6 is 0 Å². The molecule has 10 nitrogen and oxygen atoms in total. The Morgan fingerprint density at radius 2 is 1.21 bits per heavy atom. The number of rotatable bonds is 5. The van der Waals surface area contributed by atoms with E-state index in [1.807, 2.05) is 0 Å². The van der Waals surface area contributed by atoms with Gasteiger partial charge >= 0.3 is 24.8 Å². The van der Waals surface area contributed by atoms with Gasteiger partial charge in [0.2, 0.25) is 0 Å². The first-order valence-electron chi connectivity index (χ1n) is 20.4. The fourth-order valence-corrected chi connectivity index (χ4v) is 10.3. The third-order valence-corrected chi connectivity index (χ3v) is 13.1. The number of carbonyl (C=O) groups excluding carboxylic acids is 1. The fourth-order valence-electron chi connectivity index (χ4n) is 10.3. The monoisotopic (exact) mass is 785 g/mol. The van der Waals surface area contributed by atoms with Gasteiger partial charge in [0.25, 0.3) is 11.8 Å². The van der Waals surface area contributed by atoms with Crippen molar-refractivity contribution in [3.8, 4) is 0 Å². The number of esters is 1. The van der Waals surface area contributed by atoms with Crippen molar-refractivity contribution in [1.82, 2.24) is 19.6 Å². The number of aliphatic hydroxyl groups is 1. The molecule has 3 radical (unpaired) electrons. The second-order valence-corrected chi connectivity index (χ2v) is 17.0. The molecule has 0 bridgehead atoms. The van der Waals surface area contributed by atoms with Gasteiger partial charge in [0.1, 0.15) is 13.1 Å². The third-order valence-electron chi connectivity index (χ3n) is 13.1. The Morgan fingerprint density at radius 1 is 0.750 bits per heavy atom. The topological polar surface area (TPSA) is 110 Å². The van der Waals surface area contributed by atoms with Gasteiger partial charge in [0.15, 0.2) is 5.69 Å². The van der Waals surface area contributed by atoms with Crippen LogP contribution in [0.25, 0.3) is 0 Å². The summed E-state index contributed by atoms with van der Waals surface area (Å²) in [7, 11) is 0. The van der Waals surface area contributed by atoms with Crippen molar-refractivity contribution in [3.63, 3.8) is 0 Å². The number of aromatic nitrogens is 4. The van der Waals surface area contributed by atoms with Gasteiger partial charge in [-0.3, -0.25) is 9.36 Å². The van der Waals surface area contributed by atoms with E-state index in [0.717, 1.165) is 109 Å². The standard InChI is InChI=1S/C19H26F2N2O3.C17H24F2N2O2.C4H8O.B.Li.H/c1-2-26-17(24)16-15(14-10-19(20,21)11-23(14)22-16)13-4-7-18(8-5-13)6-3-9-25-12-18;18-17(19)8-14-15(13(9-22)20-21(14)10-17)12-2-5-16(6-3-12)4-1-7-23-11-16;1-2-4-5-3-1;;;/h13H,2-12H2,1H3;12,22H,1-11H2;1-4H2;;;/q;;;;+1;-1. The Bertz CT molecular complexity index is 1590. The summed E-state index contributed by atoms with van der Waals surface area (Å²) in [6.07, 6.45) is 14.6. The summed E-state index contributed by atoms with van der Waals surface area (Å²) in [5, 5.41) is 18.1. The van der Waals surface area contributed by atoms with E-state index in [1.165, 1.54) is 35.0 Å². The van der Waals surface area contributed by atoms with Crippen molar-refractivity contribution < 1.29 is 66.7 Å². The number of fused-ring (bicyclic) bond motifs is 2. The predicted octanol–water partition coefficient (Wildman–Crippen LogP) is 4.26. The summed E-state index contributed by atoms with van der Waals surface area (Å²) in [5.74, 6) is -5.62. The minimum absolute atomic E-state index is 0. The van der Waals surface area contributed by atoms with E-state index in [2.05, 4.69) is 10.2 Å². The number of aliphatic hydroxyl groups excluding tert-OH is 1. The zero-order valence-corrected chi connectivity index (χ0v) is 33.4. The molecule has 2 aliphatic carbocycles. The molecule has 56 heavy (non-hydrogen) atoms. The normalized spacial score (nSPS) is 29.8. The molecule has 0 unspecified atom stereocenters. The second kappa shape index (κ2) is 19.0. The van der Waals surface area contributed by atoms with Crippen LogP contribution in [0.15, 0.2) is 0 Å². The zero-order valence-electron chi connectivity index (χ0n) is 34.4. The smallest absolute Gasteiger partial charge is 1.00 e. The van der Waals surface area contributed by atoms with Crippen LogP contribution in [0.2, 0.25) is 0 Å². The molecule has 2 spiro atoms. The van der Waals surface area contributed by atoms with E-state index in [-0.39, 0.29) is 84.2 Å². The van der Waals surface area contributed by atoms with Crippen LogP contribution < -0.4 is 18.9 Å². The molecular formula is C40H59BF4LiN4O6. The molecule has 2 aromatic rings. The Morgan fingerprint density at radius 3 is 1.64 bits per heavy atom. The van der Waals surface area contributed by atoms with Crippen molar-refractivity contribution >= 4 is 14.4 Å². The van der Waals surface area contributed by atoms with Crippen molar-refractivity contribution in [2.45, 2.75) is 153 Å². The van der Waals surface area contributed by atoms with Crippen LogP contribution in [0.5, 0.6) is 0 Å². The molecule has 2 saturated carbocycles. The first-order valence-corrected chi connectivity index (χ1v) is 20.4. The summed E-state index contributed by atoms with van der Waals surface area (Å²) in [6, 6.07) is 0. The molecule has 2 aromatic heterocycles. The molecule has 3 saturated heterocycles. The Labute approximate surface area is 343 Å². The molecule has 1 N–H and O–H groups in total. The zero-order chi connectivity index (χ0) is 38.0. The molecule has 7 heterocycles. The number of halogens is 4. The first kappa shape index (κ1) is 45.2. The summed E-state index contributed by atoms with van der Waals surface area (Å²) < 4.78 is 79.4. The Balaban J connectivity index is 0.000000216. The number of carbonyl (C=O) groups is 1. The Kier molecular flexibility index (Phi) is 15.3. The first-order chi connectivity index (χ1) is 25.9. The molecule has 16 heteroatoms. The molecule has 0 aromatic carbocycles. The maximum atomic E-state index is 13.9. The maximum absolute atomic E-state index is 13.9. The number of alkyl halides is 4. The average Bonchev–Trinajstić information content (AvgIpc) is 3.99. The van der Waals surface area contributed by atoms with Crippen LogP contribution in [0, 0.1) is 10.8 Å². The largest absolute Gasteiger partial charge is 1.00 e. The molecule has 0 atom stereocenters. The van der Waals surface area contributed by atoms with E-state index in [4.69, 9.17) is 18.9 Å². The van der Waals surface area contributed by atoms with Crippen molar-refractivity contribution in [2.24, 2.45) is 10.8 Å². The van der Waals surface area contributed by atoms with E-state index >= 15 is 0 Å². The summed E-state index contributed by atoms with van der Waals surface area (Å²) in [5.41, 5.74) is 4.20. The quantitative estimate of drug-likeness (QED) is 0.273. The molecule has 9 rings (SSSR count). The molecule has 307 valence electrons. The van der Waals surface area contributed by atoms with Gasteiger partial charge in [0, 0.05) is 57.4 Å². The maximum Gasteiger partial charge on any atom is 1.00 e. The van der Waals surface area contributed by atoms with E-state index < -0.39 is 24.4 Å². The van der Waals surface area contributed by atoms with Crippen LogP contribution in [0.4, 0.5) is 17.6 Å². The summed E-state index contributed by atoms with van der Waals surface area (Å²) in [6.45, 7) is 6.39. The SMILES string of the molecule is C1CCOC1.CCOC(=O)c1nn2c(c1C1CCC3(CCCOC3)CC1)CC(F)(F)C2.OCc1nn2c(c1C1CCC3(CCCOC3)CC1)CC(F)(F)C2.[B].[H-].[Li+]. The third kappa shape index (κ3) is 10.1. The average molecular weight is 786 g/mol. The van der Waals surface area contributed by atoms with Crippen LogP contribution in [0.3, 0.4) is 0 Å². The van der Waals surface area contributed by atoms with Gasteiger partial charge in [-0.1, -0.05) is 0 Å². The molecule has 5 fully saturated rings. The van der Waals surface area contributed by atoms with Gasteiger partial charge in [-0.25, -0.2) is 22.4 Å². The van der Waals surface area contributed by atoms with E-state index in [0.29, 0.717) is 28.1 Å². The van der Waals surface area contributed by atoms with Crippen LogP contribution in [-0.2, 0) is 51.5 Å². The number of hydrogen-bond acceptors (Lipinski definition) is 8. The minimum atomic E-state index is -2.78. The van der Waals surface area contributed by atoms with E-state index in [9.17, 15) is 27.5 Å². The van der Waals surface area contributed by atoms with Crippen LogP contribution in [-0.4, -0.2) is 97.1 Å². The minimum Gasteiger partial charge on any atom is -1.00 e. The molecule has 0 amide bonds. The predicted molar refractivity (Wildman–Crippen MR) is 198 cm³/mol. The summed E-state index contributed by atoms with van der Waals surface area (Å²) in [4.78, 5) is 12.4. The summed E-state index contributed by atoms with van der Waals surface area (Å²) >= 11 is 0. The van der Waals surface area contributed by atoms with Crippen molar-refractivity contribution in [1.29, 1.82) is 0 Å². The van der Waals surface area contributed by atoms with Gasteiger partial charge in [-0.2, -0.15) is 10.2 Å². The van der Waals surface area contributed by atoms with Crippen molar-refractivity contribution in [3.05, 3.63) is 33.9 Å². The number of hydrogen-bond donors (Lipinski definition) is 1. The second-order valence-electron chi connectivity index (χ2n) is 17.0.